The summed E-state index contributed by atoms with van der Waals surface area (Å²) in [6, 6.07) is 2.25. The van der Waals surface area contributed by atoms with Crippen LogP contribution in [0, 0.1) is 23.2 Å². The van der Waals surface area contributed by atoms with E-state index in [2.05, 4.69) is 16.7 Å². The molecule has 0 aliphatic carbocycles. The van der Waals surface area contributed by atoms with Gasteiger partial charge in [-0.2, -0.15) is 5.26 Å². The van der Waals surface area contributed by atoms with E-state index < -0.39 is 0 Å². The van der Waals surface area contributed by atoms with E-state index in [1.165, 1.54) is 16.2 Å². The Morgan fingerprint density at radius 1 is 1.47 bits per heavy atom. The number of nitrogens with zero attached hydrogens (tertiary/aromatic N) is 1. The molecule has 1 amide bonds. The lowest BCUT2D eigenvalue weighted by Gasteiger charge is -2.14. The molecule has 0 spiro atoms. The van der Waals surface area contributed by atoms with Crippen LogP contribution in [0.4, 0.5) is 5.00 Å². The van der Waals surface area contributed by atoms with Crippen LogP contribution >= 0.6 is 11.3 Å². The van der Waals surface area contributed by atoms with Crippen molar-refractivity contribution in [2.24, 2.45) is 11.8 Å². The predicted molar refractivity (Wildman–Crippen MR) is 77.1 cm³/mol. The summed E-state index contributed by atoms with van der Waals surface area (Å²) >= 11 is 1.53. The summed E-state index contributed by atoms with van der Waals surface area (Å²) in [7, 11) is 0. The van der Waals surface area contributed by atoms with Crippen LogP contribution in [0.3, 0.4) is 0 Å². The van der Waals surface area contributed by atoms with E-state index in [1.54, 1.807) is 0 Å². The van der Waals surface area contributed by atoms with Crippen LogP contribution in [0.5, 0.6) is 0 Å². The maximum Gasteiger partial charge on any atom is 0.228 e. The standard InChI is InChI=1S/C14H19N3OS/c1-8(2)9(3)13(18)17-14-11(6-15)10-4-5-16-7-12(10)19-14/h8-9,16H,4-5,7H2,1-3H3,(H,17,18)/t9-/m0/s1. The van der Waals surface area contributed by atoms with Gasteiger partial charge in [0, 0.05) is 17.3 Å². The molecule has 2 N–H and O–H groups in total. The number of fused-ring (bicyclic) bond motifs is 1. The van der Waals surface area contributed by atoms with Gasteiger partial charge in [0.15, 0.2) is 0 Å². The molecule has 0 unspecified atom stereocenters. The lowest BCUT2D eigenvalue weighted by Crippen LogP contribution is -2.24. The lowest BCUT2D eigenvalue weighted by molar-refractivity contribution is -0.120. The molecular weight excluding hydrogens is 258 g/mol. The highest BCUT2D eigenvalue weighted by Gasteiger charge is 2.23. The molecule has 0 radical (unpaired) electrons. The number of carbonyl (C=O) groups excluding carboxylic acids is 1. The van der Waals surface area contributed by atoms with Crippen LogP contribution < -0.4 is 10.6 Å². The number of anilines is 1. The Balaban J connectivity index is 2.24. The Kier molecular flexibility index (Phi) is 4.23. The molecule has 0 aromatic carbocycles. The molecule has 2 heterocycles. The molecule has 2 rings (SSSR count). The third kappa shape index (κ3) is 2.80. The van der Waals surface area contributed by atoms with Gasteiger partial charge < -0.3 is 10.6 Å². The third-order valence-electron chi connectivity index (χ3n) is 3.69. The van der Waals surface area contributed by atoms with Gasteiger partial charge >= 0.3 is 0 Å². The van der Waals surface area contributed by atoms with E-state index in [1.807, 2.05) is 20.8 Å². The highest BCUT2D eigenvalue weighted by atomic mass is 32.1. The smallest absolute Gasteiger partial charge is 0.228 e. The van der Waals surface area contributed by atoms with Crippen molar-refractivity contribution in [3.63, 3.8) is 0 Å². The van der Waals surface area contributed by atoms with Crippen LogP contribution in [0.25, 0.3) is 0 Å². The van der Waals surface area contributed by atoms with Crippen molar-refractivity contribution in [1.29, 1.82) is 5.26 Å². The zero-order chi connectivity index (χ0) is 14.0. The molecule has 1 atom stereocenters. The van der Waals surface area contributed by atoms with E-state index in [0.29, 0.717) is 16.5 Å². The molecule has 1 aliphatic heterocycles. The van der Waals surface area contributed by atoms with Gasteiger partial charge in [-0.05, 0) is 24.4 Å². The van der Waals surface area contributed by atoms with Gasteiger partial charge in [-0.15, -0.1) is 11.3 Å². The van der Waals surface area contributed by atoms with Gasteiger partial charge in [0.2, 0.25) is 5.91 Å². The lowest BCUT2D eigenvalue weighted by atomic mass is 9.97. The first-order chi connectivity index (χ1) is 9.04. The number of hydrogen-bond acceptors (Lipinski definition) is 4. The van der Waals surface area contributed by atoms with Gasteiger partial charge in [0.1, 0.15) is 11.1 Å². The number of rotatable bonds is 3. The van der Waals surface area contributed by atoms with Crippen LogP contribution in [-0.2, 0) is 17.8 Å². The van der Waals surface area contributed by atoms with Crippen molar-refractivity contribution >= 4 is 22.2 Å². The Morgan fingerprint density at radius 2 is 2.21 bits per heavy atom. The minimum absolute atomic E-state index is 0.00180. The topological polar surface area (TPSA) is 64.9 Å². The second-order valence-corrected chi connectivity index (χ2v) is 6.37. The maximum absolute atomic E-state index is 12.1. The summed E-state index contributed by atoms with van der Waals surface area (Å²) in [4.78, 5) is 13.3. The second-order valence-electron chi connectivity index (χ2n) is 5.27. The third-order valence-corrected chi connectivity index (χ3v) is 4.84. The first-order valence-corrected chi connectivity index (χ1v) is 7.42. The van der Waals surface area contributed by atoms with E-state index >= 15 is 0 Å². The highest BCUT2D eigenvalue weighted by molar-refractivity contribution is 7.16. The molecule has 1 aromatic rings. The minimum atomic E-state index is -0.0520. The summed E-state index contributed by atoms with van der Waals surface area (Å²) in [6.45, 7) is 7.66. The molecule has 4 nitrogen and oxygen atoms in total. The monoisotopic (exact) mass is 277 g/mol. The summed E-state index contributed by atoms with van der Waals surface area (Å²) in [5.41, 5.74) is 1.77. The van der Waals surface area contributed by atoms with Gasteiger partial charge in [0.25, 0.3) is 0 Å². The predicted octanol–water partition coefficient (Wildman–Crippen LogP) is 2.50. The fourth-order valence-electron chi connectivity index (χ4n) is 2.07. The number of thiophene rings is 1. The van der Waals surface area contributed by atoms with E-state index in [9.17, 15) is 10.1 Å². The zero-order valence-electron chi connectivity index (χ0n) is 11.5. The zero-order valence-corrected chi connectivity index (χ0v) is 12.4. The molecule has 19 heavy (non-hydrogen) atoms. The normalized spacial score (nSPS) is 15.7. The molecule has 5 heteroatoms. The Morgan fingerprint density at radius 3 is 2.84 bits per heavy atom. The van der Waals surface area contributed by atoms with Gasteiger partial charge in [0.05, 0.1) is 5.56 Å². The number of carbonyl (C=O) groups is 1. The molecule has 1 aliphatic rings. The SMILES string of the molecule is CC(C)[C@H](C)C(=O)Nc1sc2c(c1C#N)CCNC2. The van der Waals surface area contributed by atoms with Crippen LogP contribution in [0.15, 0.2) is 0 Å². The van der Waals surface area contributed by atoms with Crippen molar-refractivity contribution in [3.05, 3.63) is 16.0 Å². The molecule has 0 saturated heterocycles. The summed E-state index contributed by atoms with van der Waals surface area (Å²) in [6.07, 6.45) is 0.865. The van der Waals surface area contributed by atoms with Crippen molar-refractivity contribution in [3.8, 4) is 6.07 Å². The van der Waals surface area contributed by atoms with Crippen LogP contribution in [0.2, 0.25) is 0 Å². The molecule has 102 valence electrons. The summed E-state index contributed by atoms with van der Waals surface area (Å²) in [5, 5.41) is 16.2. The van der Waals surface area contributed by atoms with E-state index in [-0.39, 0.29) is 11.8 Å². The van der Waals surface area contributed by atoms with Gasteiger partial charge in [-0.1, -0.05) is 20.8 Å². The van der Waals surface area contributed by atoms with Crippen LogP contribution in [-0.4, -0.2) is 12.5 Å². The van der Waals surface area contributed by atoms with Crippen molar-refractivity contribution in [2.45, 2.75) is 33.7 Å². The quantitative estimate of drug-likeness (QED) is 0.892. The number of nitriles is 1. The molecule has 0 saturated carbocycles. The minimum Gasteiger partial charge on any atom is -0.316 e. The average molecular weight is 277 g/mol. The second kappa shape index (κ2) is 5.72. The summed E-state index contributed by atoms with van der Waals surface area (Å²) in [5.74, 6) is 0.239. The number of hydrogen-bond donors (Lipinski definition) is 2. The Bertz CT molecular complexity index is 528. The number of nitrogens with one attached hydrogen (secondary N) is 2. The van der Waals surface area contributed by atoms with E-state index in [0.717, 1.165) is 25.1 Å². The molecular formula is C14H19N3OS. The first-order valence-electron chi connectivity index (χ1n) is 6.60. The Hall–Kier alpha value is -1.38. The molecule has 0 fully saturated rings. The fourth-order valence-corrected chi connectivity index (χ4v) is 3.24. The maximum atomic E-state index is 12.1. The van der Waals surface area contributed by atoms with Crippen molar-refractivity contribution in [2.75, 3.05) is 11.9 Å². The van der Waals surface area contributed by atoms with Crippen molar-refractivity contribution < 1.29 is 4.79 Å². The fraction of sp³-hybridized carbons (Fsp3) is 0.571. The van der Waals surface area contributed by atoms with Gasteiger partial charge in [-0.25, -0.2) is 0 Å². The van der Waals surface area contributed by atoms with Gasteiger partial charge in [-0.3, -0.25) is 4.79 Å². The van der Waals surface area contributed by atoms with Crippen molar-refractivity contribution in [1.82, 2.24) is 5.32 Å². The number of amides is 1. The van der Waals surface area contributed by atoms with Crippen LogP contribution in [0.1, 0.15) is 36.8 Å². The largest absolute Gasteiger partial charge is 0.316 e. The summed E-state index contributed by atoms with van der Waals surface area (Å²) < 4.78 is 0. The highest BCUT2D eigenvalue weighted by Crippen LogP contribution is 2.35. The molecule has 1 aromatic heterocycles. The average Bonchev–Trinajstić information content (AvgIpc) is 2.74. The first kappa shape index (κ1) is 14.0. The van der Waals surface area contributed by atoms with E-state index in [4.69, 9.17) is 0 Å². The molecule has 0 bridgehead atoms. The Labute approximate surface area is 117 Å².